The zero-order valence-corrected chi connectivity index (χ0v) is 21.0. The van der Waals surface area contributed by atoms with E-state index in [2.05, 4.69) is 20.5 Å². The summed E-state index contributed by atoms with van der Waals surface area (Å²) in [6.07, 6.45) is 0.0815. The number of nitrogens with one attached hydrogen (secondary N) is 1. The lowest BCUT2D eigenvalue weighted by atomic mass is 10.1. The van der Waals surface area contributed by atoms with Crippen molar-refractivity contribution in [3.8, 4) is 5.75 Å². The molecule has 0 spiro atoms. The minimum absolute atomic E-state index is 0.0815. The van der Waals surface area contributed by atoms with Crippen LogP contribution in [0.4, 0.5) is 5.13 Å². The summed E-state index contributed by atoms with van der Waals surface area (Å²) >= 11 is 2.56. The highest BCUT2D eigenvalue weighted by atomic mass is 32.2. The highest BCUT2D eigenvalue weighted by Crippen LogP contribution is 2.26. The fraction of sp³-hybridized carbons (Fsp3) is 0.292. The van der Waals surface area contributed by atoms with E-state index in [0.717, 1.165) is 16.5 Å². The molecule has 0 radical (unpaired) electrons. The van der Waals surface area contributed by atoms with E-state index < -0.39 is 0 Å². The number of nitrogens with zero attached hydrogens (tertiary/aromatic N) is 4. The van der Waals surface area contributed by atoms with Crippen LogP contribution >= 0.6 is 23.1 Å². The zero-order chi connectivity index (χ0) is 24.6. The van der Waals surface area contributed by atoms with Crippen LogP contribution in [0.15, 0.2) is 53.0 Å². The molecule has 0 bridgehead atoms. The molecule has 0 saturated carbocycles. The number of aromatic nitrogens is 4. The lowest BCUT2D eigenvalue weighted by Crippen LogP contribution is -2.15. The molecule has 4 rings (SSSR count). The molecule has 11 heteroatoms. The second kappa shape index (κ2) is 11.8. The van der Waals surface area contributed by atoms with E-state index in [9.17, 15) is 9.59 Å². The molecule has 2 aromatic heterocycles. The normalized spacial score (nSPS) is 10.9. The number of anilines is 1. The van der Waals surface area contributed by atoms with E-state index in [0.29, 0.717) is 35.0 Å². The van der Waals surface area contributed by atoms with Crippen molar-refractivity contribution < 1.29 is 19.1 Å². The van der Waals surface area contributed by atoms with Crippen LogP contribution in [0, 0.1) is 0 Å². The Morgan fingerprint density at radius 2 is 1.94 bits per heavy atom. The minimum Gasteiger partial charge on any atom is -0.485 e. The summed E-state index contributed by atoms with van der Waals surface area (Å²) in [5.74, 6) is 1.06. The second-order valence-electron chi connectivity index (χ2n) is 7.37. The number of thiazole rings is 1. The number of amides is 1. The zero-order valence-electron chi connectivity index (χ0n) is 19.4. The van der Waals surface area contributed by atoms with Crippen molar-refractivity contribution in [2.24, 2.45) is 0 Å². The molecule has 1 N–H and O–H groups in total. The van der Waals surface area contributed by atoms with Gasteiger partial charge in [0.25, 0.3) is 0 Å². The lowest BCUT2D eigenvalue weighted by molar-refractivity contribution is -0.142. The van der Waals surface area contributed by atoms with E-state index in [1.807, 2.05) is 54.0 Å². The summed E-state index contributed by atoms with van der Waals surface area (Å²) in [5, 5.41) is 16.2. The fourth-order valence-corrected chi connectivity index (χ4v) is 4.95. The first kappa shape index (κ1) is 24.7. The summed E-state index contributed by atoms with van der Waals surface area (Å²) in [6.45, 7) is 4.99. The standard InChI is InChI=1S/C24H25N5O4S2/c1-3-29-20(13-33-19-11-7-9-16-8-5-6-10-18(16)19)27-28-24(29)35-15-21(30)26-23-25-17(14-34-23)12-22(31)32-4-2/h5-11,14H,3-4,12-13,15H2,1-2H3,(H,25,26,30). The molecule has 1 amide bonds. The van der Waals surface area contributed by atoms with E-state index >= 15 is 0 Å². The van der Waals surface area contributed by atoms with Crippen LogP contribution in [0.2, 0.25) is 0 Å². The molecule has 2 aromatic carbocycles. The number of hydrogen-bond donors (Lipinski definition) is 1. The summed E-state index contributed by atoms with van der Waals surface area (Å²) in [5.41, 5.74) is 0.568. The molecule has 0 fully saturated rings. The third-order valence-electron chi connectivity index (χ3n) is 4.98. The fourth-order valence-electron chi connectivity index (χ4n) is 3.40. The molecule has 0 saturated heterocycles. The van der Waals surface area contributed by atoms with Crippen molar-refractivity contribution in [3.05, 3.63) is 59.4 Å². The number of ether oxygens (including phenoxy) is 2. The van der Waals surface area contributed by atoms with E-state index in [4.69, 9.17) is 9.47 Å². The quantitative estimate of drug-likeness (QED) is 0.234. The van der Waals surface area contributed by atoms with Gasteiger partial charge >= 0.3 is 5.97 Å². The molecule has 0 aliphatic carbocycles. The maximum absolute atomic E-state index is 12.4. The minimum atomic E-state index is -0.342. The van der Waals surface area contributed by atoms with Gasteiger partial charge in [-0.2, -0.15) is 0 Å². The first-order valence-electron chi connectivity index (χ1n) is 11.1. The van der Waals surface area contributed by atoms with Crippen LogP contribution in [-0.4, -0.2) is 44.0 Å². The Morgan fingerprint density at radius 3 is 2.77 bits per heavy atom. The molecule has 35 heavy (non-hydrogen) atoms. The first-order chi connectivity index (χ1) is 17.1. The highest BCUT2D eigenvalue weighted by Gasteiger charge is 2.15. The first-order valence-corrected chi connectivity index (χ1v) is 13.0. The van der Waals surface area contributed by atoms with Gasteiger partial charge in [-0.15, -0.1) is 21.5 Å². The molecule has 0 aliphatic rings. The molecule has 2 heterocycles. The number of esters is 1. The topological polar surface area (TPSA) is 108 Å². The van der Waals surface area contributed by atoms with Crippen LogP contribution in [0.5, 0.6) is 5.75 Å². The van der Waals surface area contributed by atoms with E-state index in [-0.39, 0.29) is 30.7 Å². The largest absolute Gasteiger partial charge is 0.485 e. The molecular formula is C24H25N5O4S2. The van der Waals surface area contributed by atoms with Gasteiger partial charge in [0.05, 0.1) is 24.5 Å². The van der Waals surface area contributed by atoms with Crippen LogP contribution in [0.3, 0.4) is 0 Å². The van der Waals surface area contributed by atoms with Gasteiger partial charge in [-0.1, -0.05) is 48.2 Å². The average molecular weight is 512 g/mol. The number of hydrogen-bond acceptors (Lipinski definition) is 9. The maximum atomic E-state index is 12.4. The van der Waals surface area contributed by atoms with Crippen molar-refractivity contribution in [2.75, 3.05) is 17.7 Å². The predicted octanol–water partition coefficient (Wildman–Crippen LogP) is 4.32. The maximum Gasteiger partial charge on any atom is 0.311 e. The van der Waals surface area contributed by atoms with Crippen molar-refractivity contribution in [1.29, 1.82) is 0 Å². The Bertz CT molecular complexity index is 1310. The lowest BCUT2D eigenvalue weighted by Gasteiger charge is -2.10. The monoisotopic (exact) mass is 511 g/mol. The molecular weight excluding hydrogens is 486 g/mol. The summed E-state index contributed by atoms with van der Waals surface area (Å²) < 4.78 is 12.9. The Balaban J connectivity index is 1.32. The van der Waals surface area contributed by atoms with Crippen LogP contribution in [-0.2, 0) is 33.9 Å². The Kier molecular flexibility index (Phi) is 8.32. The summed E-state index contributed by atoms with van der Waals surface area (Å²) in [7, 11) is 0. The smallest absolute Gasteiger partial charge is 0.311 e. The summed E-state index contributed by atoms with van der Waals surface area (Å²) in [6, 6.07) is 14.0. The predicted molar refractivity (Wildman–Crippen MR) is 136 cm³/mol. The van der Waals surface area contributed by atoms with Gasteiger partial charge in [0.15, 0.2) is 16.1 Å². The Hall–Kier alpha value is -3.44. The molecule has 182 valence electrons. The van der Waals surface area contributed by atoms with Crippen LogP contribution in [0.1, 0.15) is 25.4 Å². The summed E-state index contributed by atoms with van der Waals surface area (Å²) in [4.78, 5) is 28.3. The average Bonchev–Trinajstić information content (AvgIpc) is 3.47. The van der Waals surface area contributed by atoms with E-state index in [1.54, 1.807) is 12.3 Å². The molecule has 0 unspecified atom stereocenters. The number of thioether (sulfide) groups is 1. The van der Waals surface area contributed by atoms with Crippen molar-refractivity contribution in [3.63, 3.8) is 0 Å². The van der Waals surface area contributed by atoms with Crippen molar-refractivity contribution in [2.45, 2.75) is 38.6 Å². The van der Waals surface area contributed by atoms with Gasteiger partial charge in [-0.25, -0.2) is 4.98 Å². The van der Waals surface area contributed by atoms with Crippen molar-refractivity contribution >= 4 is 50.9 Å². The number of benzene rings is 2. The second-order valence-corrected chi connectivity index (χ2v) is 9.17. The van der Waals surface area contributed by atoms with Gasteiger partial charge in [-0.05, 0) is 25.3 Å². The van der Waals surface area contributed by atoms with Gasteiger partial charge in [0.1, 0.15) is 12.4 Å². The molecule has 4 aromatic rings. The SMILES string of the molecule is CCOC(=O)Cc1csc(NC(=O)CSc2nnc(COc3cccc4ccccc34)n2CC)n1. The molecule has 9 nitrogen and oxygen atoms in total. The number of fused-ring (bicyclic) bond motifs is 1. The van der Waals surface area contributed by atoms with Gasteiger partial charge < -0.3 is 19.4 Å². The number of rotatable bonds is 11. The third-order valence-corrected chi connectivity index (χ3v) is 6.75. The van der Waals surface area contributed by atoms with Gasteiger partial charge in [0.2, 0.25) is 5.91 Å². The Morgan fingerprint density at radius 1 is 1.11 bits per heavy atom. The van der Waals surface area contributed by atoms with Crippen LogP contribution in [0.25, 0.3) is 10.8 Å². The molecule has 0 atom stereocenters. The van der Waals surface area contributed by atoms with Crippen molar-refractivity contribution in [1.82, 2.24) is 19.7 Å². The van der Waals surface area contributed by atoms with Gasteiger partial charge in [0, 0.05) is 17.3 Å². The number of carbonyl (C=O) groups is 2. The highest BCUT2D eigenvalue weighted by molar-refractivity contribution is 7.99. The van der Waals surface area contributed by atoms with Gasteiger partial charge in [-0.3, -0.25) is 9.59 Å². The number of carbonyl (C=O) groups excluding carboxylic acids is 2. The molecule has 0 aliphatic heterocycles. The van der Waals surface area contributed by atoms with Crippen LogP contribution < -0.4 is 10.1 Å². The third kappa shape index (κ3) is 6.37. The Labute approximate surface area is 210 Å². The van der Waals surface area contributed by atoms with E-state index in [1.165, 1.54) is 23.1 Å².